The normalized spacial score (nSPS) is 19.1. The summed E-state index contributed by atoms with van der Waals surface area (Å²) < 4.78 is 5.26. The Hall–Kier alpha value is -2.73. The van der Waals surface area contributed by atoms with Crippen molar-refractivity contribution in [2.75, 3.05) is 11.4 Å². The minimum absolute atomic E-state index is 0.147. The Bertz CT molecular complexity index is 851. The molecule has 0 spiro atoms. The van der Waals surface area contributed by atoms with Gasteiger partial charge >= 0.3 is 5.97 Å². The second-order valence-electron chi connectivity index (χ2n) is 5.55. The third-order valence-electron chi connectivity index (χ3n) is 3.94. The summed E-state index contributed by atoms with van der Waals surface area (Å²) in [7, 11) is 0. The number of carbonyl (C=O) groups excluding carboxylic acids is 2. The Balaban J connectivity index is 1.58. The van der Waals surface area contributed by atoms with Crippen LogP contribution in [-0.2, 0) is 14.3 Å². The summed E-state index contributed by atoms with van der Waals surface area (Å²) in [6.45, 7) is 0.752. The molecule has 6 heteroatoms. The molecule has 3 heterocycles. The molecule has 0 bridgehead atoms. The van der Waals surface area contributed by atoms with Gasteiger partial charge in [-0.1, -0.05) is 6.07 Å². The lowest BCUT2D eigenvalue weighted by atomic mass is 10.2. The molecule has 0 aliphatic carbocycles. The fourth-order valence-electron chi connectivity index (χ4n) is 2.75. The Labute approximate surface area is 142 Å². The first-order valence-electron chi connectivity index (χ1n) is 7.67. The molecule has 2 aliphatic rings. The van der Waals surface area contributed by atoms with Crippen LogP contribution in [0.3, 0.4) is 0 Å². The molecular weight excluding hydrogens is 324 g/mol. The van der Waals surface area contributed by atoms with Gasteiger partial charge in [0.15, 0.2) is 5.70 Å². The van der Waals surface area contributed by atoms with Crippen molar-refractivity contribution >= 4 is 40.9 Å². The number of ether oxygens (including phenoxy) is 1. The van der Waals surface area contributed by atoms with Crippen LogP contribution < -0.4 is 4.90 Å². The molecular formula is C18H14N2O3S. The van der Waals surface area contributed by atoms with Gasteiger partial charge in [0.2, 0.25) is 11.8 Å². The monoisotopic (exact) mass is 338 g/mol. The highest BCUT2D eigenvalue weighted by Gasteiger charge is 2.25. The molecule has 0 radical (unpaired) electrons. The molecule has 120 valence electrons. The van der Waals surface area contributed by atoms with E-state index in [2.05, 4.69) is 4.99 Å². The predicted molar refractivity (Wildman–Crippen MR) is 93.0 cm³/mol. The molecule has 24 heavy (non-hydrogen) atoms. The van der Waals surface area contributed by atoms with E-state index in [9.17, 15) is 9.59 Å². The summed E-state index contributed by atoms with van der Waals surface area (Å²) in [6, 6.07) is 11.2. The molecule has 2 aliphatic heterocycles. The molecule has 0 atom stereocenters. The fraction of sp³-hybridized carbons (Fsp3) is 0.167. The van der Waals surface area contributed by atoms with Crippen LogP contribution in [0.5, 0.6) is 0 Å². The molecule has 1 aromatic heterocycles. The topological polar surface area (TPSA) is 59.0 Å². The van der Waals surface area contributed by atoms with Gasteiger partial charge in [0.1, 0.15) is 0 Å². The SMILES string of the molecule is O=C1OC(c2ccc(N3CCCC3=O)cc2)=N/C1=C/c1cccs1. The number of esters is 1. The van der Waals surface area contributed by atoms with Crippen LogP contribution in [0, 0.1) is 0 Å². The zero-order valence-corrected chi connectivity index (χ0v) is 13.6. The molecule has 1 amide bonds. The fourth-order valence-corrected chi connectivity index (χ4v) is 3.40. The second-order valence-corrected chi connectivity index (χ2v) is 6.53. The van der Waals surface area contributed by atoms with Gasteiger partial charge in [-0.2, -0.15) is 0 Å². The molecule has 0 saturated carbocycles. The maximum atomic E-state index is 11.9. The van der Waals surface area contributed by atoms with E-state index in [1.54, 1.807) is 11.0 Å². The molecule has 0 N–H and O–H groups in total. The highest BCUT2D eigenvalue weighted by Crippen LogP contribution is 2.24. The van der Waals surface area contributed by atoms with Gasteiger partial charge < -0.3 is 9.64 Å². The Morgan fingerprint density at radius 1 is 1.17 bits per heavy atom. The number of anilines is 1. The van der Waals surface area contributed by atoms with Crippen molar-refractivity contribution in [1.29, 1.82) is 0 Å². The summed E-state index contributed by atoms with van der Waals surface area (Å²) in [5.74, 6) is -0.00662. The van der Waals surface area contributed by atoms with Gasteiger partial charge in [-0.05, 0) is 48.2 Å². The highest BCUT2D eigenvalue weighted by molar-refractivity contribution is 7.10. The lowest BCUT2D eigenvalue weighted by Crippen LogP contribution is -2.23. The van der Waals surface area contributed by atoms with Crippen molar-refractivity contribution < 1.29 is 14.3 Å². The first kappa shape index (κ1) is 14.8. The minimum Gasteiger partial charge on any atom is -0.402 e. The third-order valence-corrected chi connectivity index (χ3v) is 4.76. The first-order chi connectivity index (χ1) is 11.7. The molecule has 1 fully saturated rings. The average Bonchev–Trinajstić information content (AvgIpc) is 3.31. The largest absolute Gasteiger partial charge is 0.402 e. The van der Waals surface area contributed by atoms with Gasteiger partial charge in [-0.25, -0.2) is 9.79 Å². The van der Waals surface area contributed by atoms with Crippen molar-refractivity contribution in [2.45, 2.75) is 12.8 Å². The molecule has 1 aromatic carbocycles. The van der Waals surface area contributed by atoms with E-state index in [0.29, 0.717) is 23.6 Å². The molecule has 4 rings (SSSR count). The Kier molecular flexibility index (Phi) is 3.74. The van der Waals surface area contributed by atoms with E-state index in [1.165, 1.54) is 11.3 Å². The van der Waals surface area contributed by atoms with Crippen molar-refractivity contribution in [3.05, 3.63) is 57.9 Å². The third kappa shape index (κ3) is 2.76. The lowest BCUT2D eigenvalue weighted by Gasteiger charge is -2.15. The molecule has 5 nitrogen and oxygen atoms in total. The van der Waals surface area contributed by atoms with E-state index in [-0.39, 0.29) is 5.91 Å². The average molecular weight is 338 g/mol. The van der Waals surface area contributed by atoms with Crippen molar-refractivity contribution in [2.24, 2.45) is 4.99 Å². The summed E-state index contributed by atoms with van der Waals surface area (Å²) in [6.07, 6.45) is 3.21. The van der Waals surface area contributed by atoms with Crippen LogP contribution >= 0.6 is 11.3 Å². The van der Waals surface area contributed by atoms with Crippen molar-refractivity contribution in [1.82, 2.24) is 0 Å². The predicted octanol–water partition coefficient (Wildman–Crippen LogP) is 3.22. The summed E-state index contributed by atoms with van der Waals surface area (Å²) >= 11 is 1.53. The zero-order chi connectivity index (χ0) is 16.5. The molecule has 2 aromatic rings. The zero-order valence-electron chi connectivity index (χ0n) is 12.8. The molecule has 0 unspecified atom stereocenters. The van der Waals surface area contributed by atoms with E-state index in [0.717, 1.165) is 23.5 Å². The number of thiophene rings is 1. The van der Waals surface area contributed by atoms with Gasteiger partial charge in [-0.3, -0.25) is 4.79 Å². The number of hydrogen-bond acceptors (Lipinski definition) is 5. The highest BCUT2D eigenvalue weighted by atomic mass is 32.1. The van der Waals surface area contributed by atoms with E-state index in [4.69, 9.17) is 4.74 Å². The Morgan fingerprint density at radius 3 is 2.67 bits per heavy atom. The quantitative estimate of drug-likeness (QED) is 0.638. The van der Waals surface area contributed by atoms with Gasteiger partial charge in [-0.15, -0.1) is 11.3 Å². The van der Waals surface area contributed by atoms with Crippen LogP contribution in [-0.4, -0.2) is 24.3 Å². The first-order valence-corrected chi connectivity index (χ1v) is 8.55. The van der Waals surface area contributed by atoms with E-state index in [1.807, 2.05) is 41.8 Å². The van der Waals surface area contributed by atoms with Crippen LogP contribution in [0.25, 0.3) is 6.08 Å². The standard InChI is InChI=1S/C18H14N2O3S/c21-16-4-1-9-20(16)13-7-5-12(6-8-13)17-19-15(18(22)23-17)11-14-3-2-10-24-14/h2-3,5-8,10-11H,1,4,9H2/b15-11+. The number of hydrogen-bond donors (Lipinski definition) is 0. The Morgan fingerprint density at radius 2 is 2.00 bits per heavy atom. The number of rotatable bonds is 3. The second kappa shape index (κ2) is 6.05. The lowest BCUT2D eigenvalue weighted by molar-refractivity contribution is -0.130. The smallest absolute Gasteiger partial charge is 0.363 e. The number of nitrogens with zero attached hydrogens (tertiary/aromatic N) is 2. The van der Waals surface area contributed by atoms with Crippen LogP contribution in [0.15, 0.2) is 52.5 Å². The summed E-state index contributed by atoms with van der Waals surface area (Å²) in [5, 5.41) is 1.94. The van der Waals surface area contributed by atoms with Gasteiger partial charge in [0, 0.05) is 29.1 Å². The maximum Gasteiger partial charge on any atom is 0.363 e. The number of aliphatic imine (C=N–C) groups is 1. The number of carbonyl (C=O) groups is 2. The molecule has 1 saturated heterocycles. The van der Waals surface area contributed by atoms with Crippen LogP contribution in [0.2, 0.25) is 0 Å². The number of amides is 1. The van der Waals surface area contributed by atoms with Crippen molar-refractivity contribution in [3.63, 3.8) is 0 Å². The summed E-state index contributed by atoms with van der Waals surface area (Å²) in [4.78, 5) is 30.7. The van der Waals surface area contributed by atoms with Gasteiger partial charge in [0.25, 0.3) is 0 Å². The minimum atomic E-state index is -0.447. The van der Waals surface area contributed by atoms with Crippen LogP contribution in [0.1, 0.15) is 23.3 Å². The maximum absolute atomic E-state index is 11.9. The van der Waals surface area contributed by atoms with E-state index < -0.39 is 5.97 Å². The summed E-state index contributed by atoms with van der Waals surface area (Å²) in [5.41, 5.74) is 1.88. The number of cyclic esters (lactones) is 1. The van der Waals surface area contributed by atoms with E-state index >= 15 is 0 Å². The van der Waals surface area contributed by atoms with Gasteiger partial charge in [0.05, 0.1) is 0 Å². The van der Waals surface area contributed by atoms with Crippen molar-refractivity contribution in [3.8, 4) is 0 Å². The number of benzene rings is 1. The van der Waals surface area contributed by atoms with Crippen LogP contribution in [0.4, 0.5) is 5.69 Å².